The Balaban J connectivity index is 2.17. The highest BCUT2D eigenvalue weighted by Crippen LogP contribution is 2.31. The maximum Gasteiger partial charge on any atom is 0.257 e. The number of aryl methyl sites for hydroxylation is 1. The van der Waals surface area contributed by atoms with E-state index >= 15 is 0 Å². The van der Waals surface area contributed by atoms with Crippen LogP contribution in [0.1, 0.15) is 36.2 Å². The van der Waals surface area contributed by atoms with Crippen molar-refractivity contribution in [3.05, 3.63) is 29.3 Å². The summed E-state index contributed by atoms with van der Waals surface area (Å²) in [5.41, 5.74) is 1.41. The Bertz CT molecular complexity index is 485. The molecule has 0 saturated carbocycles. The molecule has 1 amide bonds. The second-order valence-corrected chi connectivity index (χ2v) is 7.47. The topological polar surface area (TPSA) is 40.5 Å². The van der Waals surface area contributed by atoms with E-state index < -0.39 is 0 Å². The molecule has 1 aromatic rings. The van der Waals surface area contributed by atoms with Gasteiger partial charge in [-0.05, 0) is 25.5 Å². The molecule has 3 nitrogen and oxygen atoms in total. The van der Waals surface area contributed by atoms with Crippen molar-refractivity contribution in [1.29, 1.82) is 0 Å². The molecule has 1 fully saturated rings. The second-order valence-electron chi connectivity index (χ2n) is 5.67. The standard InChI is InChI=1S/C15H21NO2S/c1-11-4-5-13(17)12(10-11)14(18)16-7-6-15(2,3)19-9-8-16/h4-5,10,17H,6-9H2,1-3H3. The normalized spacial score (nSPS) is 19.0. The van der Waals surface area contributed by atoms with Gasteiger partial charge >= 0.3 is 0 Å². The molecule has 0 aliphatic carbocycles. The molecular weight excluding hydrogens is 258 g/mol. The van der Waals surface area contributed by atoms with Crippen LogP contribution < -0.4 is 0 Å². The first-order valence-electron chi connectivity index (χ1n) is 6.62. The van der Waals surface area contributed by atoms with Gasteiger partial charge in [-0.3, -0.25) is 4.79 Å². The van der Waals surface area contributed by atoms with E-state index in [0.29, 0.717) is 5.56 Å². The highest BCUT2D eigenvalue weighted by Gasteiger charge is 2.27. The molecule has 1 saturated heterocycles. The molecule has 1 aliphatic rings. The molecule has 19 heavy (non-hydrogen) atoms. The van der Waals surface area contributed by atoms with Gasteiger partial charge in [0.1, 0.15) is 5.75 Å². The SMILES string of the molecule is Cc1ccc(O)c(C(=O)N2CCSC(C)(C)CC2)c1. The fourth-order valence-electron chi connectivity index (χ4n) is 2.21. The molecule has 0 spiro atoms. The first kappa shape index (κ1) is 14.3. The van der Waals surface area contributed by atoms with Gasteiger partial charge in [-0.15, -0.1) is 0 Å². The predicted octanol–water partition coefficient (Wildman–Crippen LogP) is 3.06. The number of thioether (sulfide) groups is 1. The summed E-state index contributed by atoms with van der Waals surface area (Å²) in [6, 6.07) is 5.17. The number of amides is 1. The Morgan fingerprint density at radius 3 is 2.84 bits per heavy atom. The smallest absolute Gasteiger partial charge is 0.257 e. The molecule has 2 rings (SSSR count). The summed E-state index contributed by atoms with van der Waals surface area (Å²) in [6.07, 6.45) is 0.982. The van der Waals surface area contributed by atoms with E-state index in [1.54, 1.807) is 12.1 Å². The van der Waals surface area contributed by atoms with Crippen molar-refractivity contribution in [2.24, 2.45) is 0 Å². The van der Waals surface area contributed by atoms with E-state index in [-0.39, 0.29) is 16.4 Å². The van der Waals surface area contributed by atoms with Crippen LogP contribution in [0.5, 0.6) is 5.75 Å². The molecule has 4 heteroatoms. The molecule has 0 radical (unpaired) electrons. The Hall–Kier alpha value is -1.16. The minimum atomic E-state index is -0.0560. The van der Waals surface area contributed by atoms with Gasteiger partial charge in [0.25, 0.3) is 5.91 Å². The average molecular weight is 279 g/mol. The maximum atomic E-state index is 12.5. The van der Waals surface area contributed by atoms with Crippen molar-refractivity contribution in [2.45, 2.75) is 31.9 Å². The van der Waals surface area contributed by atoms with Crippen molar-refractivity contribution in [1.82, 2.24) is 4.90 Å². The molecule has 0 bridgehead atoms. The minimum Gasteiger partial charge on any atom is -0.507 e. The summed E-state index contributed by atoms with van der Waals surface area (Å²) in [5, 5.41) is 9.86. The lowest BCUT2D eigenvalue weighted by Gasteiger charge is -2.23. The van der Waals surface area contributed by atoms with Crippen LogP contribution in [-0.2, 0) is 0 Å². The minimum absolute atomic E-state index is 0.0560. The summed E-state index contributed by atoms with van der Waals surface area (Å²) in [5.74, 6) is 0.969. The van der Waals surface area contributed by atoms with Crippen LogP contribution in [0.4, 0.5) is 0 Å². The Labute approximate surface area is 119 Å². The lowest BCUT2D eigenvalue weighted by atomic mass is 10.1. The second kappa shape index (κ2) is 5.45. The number of hydrogen-bond donors (Lipinski definition) is 1. The van der Waals surface area contributed by atoms with Crippen LogP contribution in [0.25, 0.3) is 0 Å². The Morgan fingerprint density at radius 2 is 2.11 bits per heavy atom. The van der Waals surface area contributed by atoms with Gasteiger partial charge in [0.2, 0.25) is 0 Å². The number of phenolic OH excluding ortho intramolecular Hbond substituents is 1. The van der Waals surface area contributed by atoms with E-state index in [1.807, 2.05) is 29.7 Å². The molecule has 0 aromatic heterocycles. The first-order valence-corrected chi connectivity index (χ1v) is 7.60. The number of carbonyl (C=O) groups is 1. The van der Waals surface area contributed by atoms with Gasteiger partial charge < -0.3 is 10.0 Å². The Morgan fingerprint density at radius 1 is 1.37 bits per heavy atom. The highest BCUT2D eigenvalue weighted by molar-refractivity contribution is 8.00. The fraction of sp³-hybridized carbons (Fsp3) is 0.533. The van der Waals surface area contributed by atoms with Gasteiger partial charge in [0.05, 0.1) is 5.56 Å². The fourth-order valence-corrected chi connectivity index (χ4v) is 3.31. The van der Waals surface area contributed by atoms with Gasteiger partial charge in [0.15, 0.2) is 0 Å². The van der Waals surface area contributed by atoms with Crippen LogP contribution in [-0.4, -0.2) is 39.5 Å². The summed E-state index contributed by atoms with van der Waals surface area (Å²) >= 11 is 1.91. The largest absolute Gasteiger partial charge is 0.507 e. The lowest BCUT2D eigenvalue weighted by Crippen LogP contribution is -2.33. The summed E-state index contributed by atoms with van der Waals surface area (Å²) in [4.78, 5) is 14.4. The monoisotopic (exact) mass is 279 g/mol. The third-order valence-electron chi connectivity index (χ3n) is 3.51. The summed E-state index contributed by atoms with van der Waals surface area (Å²) in [6.45, 7) is 7.87. The number of carbonyl (C=O) groups excluding carboxylic acids is 1. The van der Waals surface area contributed by atoms with Crippen LogP contribution in [0.3, 0.4) is 0 Å². The van der Waals surface area contributed by atoms with E-state index in [9.17, 15) is 9.90 Å². The first-order chi connectivity index (χ1) is 8.89. The molecular formula is C15H21NO2S. The molecule has 1 N–H and O–H groups in total. The number of rotatable bonds is 1. The highest BCUT2D eigenvalue weighted by atomic mass is 32.2. The van der Waals surface area contributed by atoms with E-state index in [1.165, 1.54) is 0 Å². The van der Waals surface area contributed by atoms with Gasteiger partial charge in [0, 0.05) is 23.6 Å². The van der Waals surface area contributed by atoms with Crippen LogP contribution in [0.2, 0.25) is 0 Å². The zero-order chi connectivity index (χ0) is 14.0. The van der Waals surface area contributed by atoms with E-state index in [0.717, 1.165) is 30.8 Å². The van der Waals surface area contributed by atoms with Crippen molar-refractivity contribution in [2.75, 3.05) is 18.8 Å². The third kappa shape index (κ3) is 3.44. The number of aromatic hydroxyl groups is 1. The number of nitrogens with zero attached hydrogens (tertiary/aromatic N) is 1. The van der Waals surface area contributed by atoms with Gasteiger partial charge in [-0.1, -0.05) is 25.5 Å². The molecule has 0 unspecified atom stereocenters. The number of benzene rings is 1. The average Bonchev–Trinajstić information content (AvgIpc) is 2.52. The number of phenols is 1. The molecule has 1 heterocycles. The zero-order valence-corrected chi connectivity index (χ0v) is 12.6. The Kier molecular flexibility index (Phi) is 4.09. The van der Waals surface area contributed by atoms with Crippen molar-refractivity contribution in [3.63, 3.8) is 0 Å². The van der Waals surface area contributed by atoms with Crippen LogP contribution >= 0.6 is 11.8 Å². The van der Waals surface area contributed by atoms with E-state index in [2.05, 4.69) is 13.8 Å². The molecule has 1 aromatic carbocycles. The summed E-state index contributed by atoms with van der Waals surface area (Å²) < 4.78 is 0.226. The van der Waals surface area contributed by atoms with Crippen molar-refractivity contribution < 1.29 is 9.90 Å². The molecule has 1 aliphatic heterocycles. The molecule has 0 atom stereocenters. The van der Waals surface area contributed by atoms with Crippen LogP contribution in [0.15, 0.2) is 18.2 Å². The quantitative estimate of drug-likeness (QED) is 0.859. The lowest BCUT2D eigenvalue weighted by molar-refractivity contribution is 0.0761. The van der Waals surface area contributed by atoms with Gasteiger partial charge in [-0.25, -0.2) is 0 Å². The molecule has 104 valence electrons. The third-order valence-corrected chi connectivity index (χ3v) is 4.88. The number of hydrogen-bond acceptors (Lipinski definition) is 3. The summed E-state index contributed by atoms with van der Waals surface area (Å²) in [7, 11) is 0. The zero-order valence-electron chi connectivity index (χ0n) is 11.8. The van der Waals surface area contributed by atoms with Crippen molar-refractivity contribution >= 4 is 17.7 Å². The van der Waals surface area contributed by atoms with Crippen LogP contribution in [0, 0.1) is 6.92 Å². The maximum absolute atomic E-state index is 12.5. The van der Waals surface area contributed by atoms with Gasteiger partial charge in [-0.2, -0.15) is 11.8 Å². The van der Waals surface area contributed by atoms with Crippen molar-refractivity contribution in [3.8, 4) is 5.75 Å². The predicted molar refractivity (Wildman–Crippen MR) is 79.9 cm³/mol. The van der Waals surface area contributed by atoms with E-state index in [4.69, 9.17) is 0 Å².